The first-order valence-electron chi connectivity index (χ1n) is 11.7. The molecule has 32 heavy (non-hydrogen) atoms. The third kappa shape index (κ3) is 4.75. The number of nitrogens with zero attached hydrogens (tertiary/aromatic N) is 5. The van der Waals surface area contributed by atoms with Gasteiger partial charge in [-0.2, -0.15) is 0 Å². The number of piperazine rings is 1. The van der Waals surface area contributed by atoms with Gasteiger partial charge in [0.05, 0.1) is 12.2 Å². The van der Waals surface area contributed by atoms with E-state index >= 15 is 0 Å². The molecular weight excluding hydrogens is 406 g/mol. The van der Waals surface area contributed by atoms with Crippen molar-refractivity contribution in [3.63, 3.8) is 0 Å². The van der Waals surface area contributed by atoms with Crippen molar-refractivity contribution in [1.29, 1.82) is 0 Å². The molecule has 2 aliphatic heterocycles. The average molecular weight is 442 g/mol. The van der Waals surface area contributed by atoms with Gasteiger partial charge < -0.3 is 19.4 Å². The van der Waals surface area contributed by atoms with Crippen molar-refractivity contribution in [1.82, 2.24) is 19.7 Å². The van der Waals surface area contributed by atoms with Crippen molar-refractivity contribution < 1.29 is 14.3 Å². The van der Waals surface area contributed by atoms with Crippen LogP contribution in [0.25, 0.3) is 0 Å². The molecule has 1 aliphatic carbocycles. The van der Waals surface area contributed by atoms with Gasteiger partial charge in [0.25, 0.3) is 0 Å². The highest BCUT2D eigenvalue weighted by Gasteiger charge is 2.51. The van der Waals surface area contributed by atoms with Crippen molar-refractivity contribution in [3.8, 4) is 0 Å². The van der Waals surface area contributed by atoms with E-state index in [-0.39, 0.29) is 17.3 Å². The predicted molar refractivity (Wildman–Crippen MR) is 124 cm³/mol. The average Bonchev–Trinajstić information content (AvgIpc) is 3.23. The van der Waals surface area contributed by atoms with E-state index in [1.54, 1.807) is 18.5 Å². The summed E-state index contributed by atoms with van der Waals surface area (Å²) < 4.78 is 5.13. The molecule has 4 rings (SSSR count). The molecule has 0 bridgehead atoms. The molecule has 1 aromatic rings. The Morgan fingerprint density at radius 1 is 1.25 bits per heavy atom. The second-order valence-corrected chi connectivity index (χ2v) is 9.49. The molecule has 1 amide bonds. The lowest BCUT2D eigenvalue weighted by Gasteiger charge is -2.48. The second-order valence-electron chi connectivity index (χ2n) is 9.49. The van der Waals surface area contributed by atoms with Crippen LogP contribution in [0.3, 0.4) is 0 Å². The number of aromatic nitrogens is 1. The van der Waals surface area contributed by atoms with E-state index in [9.17, 15) is 9.59 Å². The van der Waals surface area contributed by atoms with Crippen molar-refractivity contribution in [3.05, 3.63) is 36.2 Å². The van der Waals surface area contributed by atoms with E-state index in [0.29, 0.717) is 18.2 Å². The fourth-order valence-electron chi connectivity index (χ4n) is 5.33. The Kier molecular flexibility index (Phi) is 6.69. The largest absolute Gasteiger partial charge is 0.450 e. The monoisotopic (exact) mass is 441 g/mol. The Bertz CT molecular complexity index is 857. The van der Waals surface area contributed by atoms with Gasteiger partial charge in [-0.15, -0.1) is 0 Å². The number of ketones is 1. The number of amides is 1. The Morgan fingerprint density at radius 3 is 2.69 bits per heavy atom. The summed E-state index contributed by atoms with van der Waals surface area (Å²) in [6, 6.07) is 4.27. The van der Waals surface area contributed by atoms with Gasteiger partial charge in [-0.05, 0) is 38.3 Å². The number of carbonyl (C=O) groups is 2. The highest BCUT2D eigenvalue weighted by atomic mass is 16.6. The van der Waals surface area contributed by atoms with E-state index in [4.69, 9.17) is 4.74 Å². The van der Waals surface area contributed by atoms with Gasteiger partial charge >= 0.3 is 6.09 Å². The van der Waals surface area contributed by atoms with Gasteiger partial charge in [-0.3, -0.25) is 9.69 Å². The fourth-order valence-corrected chi connectivity index (χ4v) is 5.33. The topological polar surface area (TPSA) is 69.2 Å². The highest BCUT2D eigenvalue weighted by Crippen LogP contribution is 2.47. The summed E-state index contributed by atoms with van der Waals surface area (Å²) in [5.41, 5.74) is 0.945. The Morgan fingerprint density at radius 2 is 2.00 bits per heavy atom. The van der Waals surface area contributed by atoms with Crippen molar-refractivity contribution in [2.45, 2.75) is 32.2 Å². The number of likely N-dealkylation sites (tertiary alicyclic amines) is 1. The number of anilines is 1. The fraction of sp³-hybridized carbons (Fsp3) is 0.625. The van der Waals surface area contributed by atoms with Crippen LogP contribution in [-0.4, -0.2) is 97.6 Å². The van der Waals surface area contributed by atoms with Crippen molar-refractivity contribution in [2.75, 3.05) is 64.9 Å². The van der Waals surface area contributed by atoms with Gasteiger partial charge in [-0.25, -0.2) is 9.78 Å². The van der Waals surface area contributed by atoms with Gasteiger partial charge in [0.15, 0.2) is 5.78 Å². The van der Waals surface area contributed by atoms with Crippen LogP contribution in [0.4, 0.5) is 10.6 Å². The summed E-state index contributed by atoms with van der Waals surface area (Å²) in [5.74, 6) is 0.769. The summed E-state index contributed by atoms with van der Waals surface area (Å²) in [6.07, 6.45) is 8.51. The van der Waals surface area contributed by atoms with Crippen LogP contribution in [0.5, 0.6) is 0 Å². The van der Waals surface area contributed by atoms with E-state index in [1.165, 1.54) is 12.8 Å². The molecule has 3 aliphatic rings. The molecule has 1 spiro atoms. The van der Waals surface area contributed by atoms with Crippen LogP contribution < -0.4 is 4.90 Å². The lowest BCUT2D eigenvalue weighted by molar-refractivity contribution is -0.00294. The molecule has 8 nitrogen and oxygen atoms in total. The molecule has 8 heteroatoms. The zero-order chi connectivity index (χ0) is 22.7. The van der Waals surface area contributed by atoms with E-state index in [0.717, 1.165) is 51.5 Å². The van der Waals surface area contributed by atoms with Crippen LogP contribution in [0.2, 0.25) is 0 Å². The summed E-state index contributed by atoms with van der Waals surface area (Å²) in [4.78, 5) is 37.7. The molecule has 0 N–H and O–H groups in total. The summed E-state index contributed by atoms with van der Waals surface area (Å²) in [5, 5.41) is 0. The molecule has 1 saturated carbocycles. The molecule has 1 atom stereocenters. The van der Waals surface area contributed by atoms with Crippen molar-refractivity contribution in [2.24, 2.45) is 5.41 Å². The Hall–Kier alpha value is -2.61. The smallest absolute Gasteiger partial charge is 0.409 e. The van der Waals surface area contributed by atoms with E-state index in [1.807, 2.05) is 43.0 Å². The van der Waals surface area contributed by atoms with Crippen LogP contribution >= 0.6 is 0 Å². The maximum Gasteiger partial charge on any atom is 0.409 e. The SMILES string of the molecule is CCOC(=O)N1CC2(CC[C@@H](N3CCN(c4ncccc4C(=O)/C=C/N(C)C)CC3)C2)C1. The summed E-state index contributed by atoms with van der Waals surface area (Å²) in [6.45, 7) is 7.64. The Balaban J connectivity index is 1.31. The third-order valence-electron chi connectivity index (χ3n) is 6.96. The zero-order valence-electron chi connectivity index (χ0n) is 19.5. The minimum absolute atomic E-state index is 0.0156. The lowest BCUT2D eigenvalue weighted by atomic mass is 9.78. The first-order chi connectivity index (χ1) is 15.4. The van der Waals surface area contributed by atoms with Crippen LogP contribution in [0.1, 0.15) is 36.5 Å². The second kappa shape index (κ2) is 9.48. The first-order valence-corrected chi connectivity index (χ1v) is 11.7. The van der Waals surface area contributed by atoms with E-state index < -0.39 is 0 Å². The quantitative estimate of drug-likeness (QED) is 0.496. The third-order valence-corrected chi connectivity index (χ3v) is 6.96. The van der Waals surface area contributed by atoms with Crippen LogP contribution in [0.15, 0.2) is 30.6 Å². The molecule has 2 saturated heterocycles. The Labute approximate surface area is 190 Å². The molecule has 3 heterocycles. The molecule has 0 aromatic carbocycles. The molecule has 3 fully saturated rings. The maximum atomic E-state index is 12.7. The highest BCUT2D eigenvalue weighted by molar-refractivity contribution is 6.07. The summed E-state index contributed by atoms with van der Waals surface area (Å²) >= 11 is 0. The number of rotatable bonds is 6. The first kappa shape index (κ1) is 22.6. The lowest BCUT2D eigenvalue weighted by Crippen LogP contribution is -2.58. The van der Waals surface area contributed by atoms with Crippen LogP contribution in [-0.2, 0) is 4.74 Å². The van der Waals surface area contributed by atoms with Gasteiger partial charge in [0.2, 0.25) is 0 Å². The van der Waals surface area contributed by atoms with Gasteiger partial charge in [0.1, 0.15) is 5.82 Å². The molecule has 0 radical (unpaired) electrons. The zero-order valence-corrected chi connectivity index (χ0v) is 19.5. The summed E-state index contributed by atoms with van der Waals surface area (Å²) in [7, 11) is 3.80. The van der Waals surface area contributed by atoms with Crippen LogP contribution in [0, 0.1) is 5.41 Å². The van der Waals surface area contributed by atoms with Gasteiger partial charge in [-0.1, -0.05) is 0 Å². The minimum Gasteiger partial charge on any atom is -0.450 e. The standard InChI is InChI=1S/C24H35N5O3/c1-4-32-23(31)29-17-24(18-29)9-7-19(16-24)27-12-14-28(15-13-27)22-20(6-5-10-25-22)21(30)8-11-26(2)3/h5-6,8,10-11,19H,4,7,9,12-18H2,1-3H3/b11-8+/t19-/m1/s1. The maximum absolute atomic E-state index is 12.7. The number of allylic oxidation sites excluding steroid dienone is 1. The molecule has 174 valence electrons. The minimum atomic E-state index is -0.170. The number of hydrogen-bond donors (Lipinski definition) is 0. The predicted octanol–water partition coefficient (Wildman–Crippen LogP) is 2.47. The molecule has 1 aromatic heterocycles. The number of pyridine rings is 1. The number of ether oxygens (including phenoxy) is 1. The van der Waals surface area contributed by atoms with Crippen molar-refractivity contribution >= 4 is 17.7 Å². The molecule has 0 unspecified atom stereocenters. The number of carbonyl (C=O) groups excluding carboxylic acids is 2. The van der Waals surface area contributed by atoms with E-state index in [2.05, 4.69) is 14.8 Å². The number of hydrogen-bond acceptors (Lipinski definition) is 7. The van der Waals surface area contributed by atoms with Gasteiger partial charge in [0, 0.05) is 83.3 Å². The molecular formula is C24H35N5O3. The normalized spacial score (nSPS) is 22.9.